The quantitative estimate of drug-likeness (QED) is 0.115. The van der Waals surface area contributed by atoms with Crippen molar-refractivity contribution in [2.24, 2.45) is 0 Å². The predicted molar refractivity (Wildman–Crippen MR) is 261 cm³/mol. The van der Waals surface area contributed by atoms with Gasteiger partial charge in [-0.05, 0) is 163 Å². The molecule has 0 saturated heterocycles. The molecule has 0 spiro atoms. The van der Waals surface area contributed by atoms with E-state index in [0.717, 1.165) is 51.2 Å². The van der Waals surface area contributed by atoms with Crippen LogP contribution in [0.15, 0.2) is 218 Å². The summed E-state index contributed by atoms with van der Waals surface area (Å²) in [7, 11) is 0. The van der Waals surface area contributed by atoms with E-state index in [1.54, 1.807) is 0 Å². The van der Waals surface area contributed by atoms with Gasteiger partial charge in [0.05, 0.1) is 0 Å². The van der Waals surface area contributed by atoms with Gasteiger partial charge >= 0.3 is 0 Å². The molecule has 0 saturated carbocycles. The Hall–Kier alpha value is -7.82. The fourth-order valence-corrected chi connectivity index (χ4v) is 7.60. The lowest BCUT2D eigenvalue weighted by atomic mass is 10.0. The molecule has 0 aromatic heterocycles. The van der Waals surface area contributed by atoms with E-state index in [1.165, 1.54) is 50.1 Å². The highest BCUT2D eigenvalue weighted by atomic mass is 15.1. The second-order valence-electron chi connectivity index (χ2n) is 15.7. The van der Waals surface area contributed by atoms with Crippen LogP contribution in [0.25, 0.3) is 33.4 Å². The van der Waals surface area contributed by atoms with E-state index in [4.69, 9.17) is 0 Å². The number of anilines is 9. The van der Waals surface area contributed by atoms with Gasteiger partial charge in [-0.1, -0.05) is 126 Å². The van der Waals surface area contributed by atoms with Crippen molar-refractivity contribution in [3.8, 4) is 33.4 Å². The average Bonchev–Trinajstić information content (AvgIpc) is 3.29. The molecule has 4 nitrogen and oxygen atoms in total. The molecule has 0 amide bonds. The highest BCUT2D eigenvalue weighted by Crippen LogP contribution is 2.38. The van der Waals surface area contributed by atoms with Crippen molar-refractivity contribution in [3.63, 3.8) is 0 Å². The van der Waals surface area contributed by atoms with E-state index >= 15 is 0 Å². The molecule has 0 aliphatic rings. The second-order valence-corrected chi connectivity index (χ2v) is 15.7. The summed E-state index contributed by atoms with van der Waals surface area (Å²) in [4.78, 5) is 2.30. The fourth-order valence-electron chi connectivity index (χ4n) is 7.60. The summed E-state index contributed by atoms with van der Waals surface area (Å²) in [6.07, 6.45) is 0. The summed E-state index contributed by atoms with van der Waals surface area (Å²) >= 11 is 0. The molecular weight excluding hydrogens is 741 g/mol. The molecule has 0 aliphatic heterocycles. The first-order chi connectivity index (χ1) is 29.9. The molecule has 4 heteroatoms. The number of nitrogens with one attached hydrogen (secondary N) is 3. The lowest BCUT2D eigenvalue weighted by Crippen LogP contribution is -2.10. The van der Waals surface area contributed by atoms with Crippen LogP contribution >= 0.6 is 0 Å². The molecule has 0 aliphatic carbocycles. The Labute approximate surface area is 359 Å². The Morgan fingerprint density at radius 3 is 0.770 bits per heavy atom. The molecule has 296 valence electrons. The van der Waals surface area contributed by atoms with Crippen LogP contribution in [-0.4, -0.2) is 0 Å². The summed E-state index contributed by atoms with van der Waals surface area (Å²) in [6.45, 7) is 6.35. The van der Waals surface area contributed by atoms with Crippen molar-refractivity contribution >= 4 is 51.2 Å². The summed E-state index contributed by atoms with van der Waals surface area (Å²) < 4.78 is 0. The SMILES string of the molecule is Cc1ccc(-c2cccc(Nc3ccc(N(c4ccc(Nc5cccc(-c6ccc(C)cc6)c5)cc4)c4ccc(Nc5cccc(-c6ccc(C)cc6)c5)cc4)cc3)c2)cc1. The summed E-state index contributed by atoms with van der Waals surface area (Å²) in [5.74, 6) is 0. The largest absolute Gasteiger partial charge is 0.356 e. The van der Waals surface area contributed by atoms with Gasteiger partial charge in [-0.15, -0.1) is 0 Å². The zero-order valence-electron chi connectivity index (χ0n) is 34.7. The van der Waals surface area contributed by atoms with Crippen LogP contribution in [-0.2, 0) is 0 Å². The van der Waals surface area contributed by atoms with Crippen LogP contribution in [0.5, 0.6) is 0 Å². The highest BCUT2D eigenvalue weighted by molar-refractivity contribution is 5.81. The van der Waals surface area contributed by atoms with Gasteiger partial charge in [-0.25, -0.2) is 0 Å². The summed E-state index contributed by atoms with van der Waals surface area (Å²) in [5, 5.41) is 10.9. The number of nitrogens with zero attached hydrogens (tertiary/aromatic N) is 1. The van der Waals surface area contributed by atoms with E-state index in [2.05, 4.69) is 260 Å². The molecule has 9 aromatic carbocycles. The number of benzene rings is 9. The molecule has 0 atom stereocenters. The van der Waals surface area contributed by atoms with E-state index in [1.807, 2.05) is 0 Å². The standard InChI is InChI=1S/C57H48N4/c1-40-13-19-43(20-14-40)46-7-4-10-52(37-46)58-49-25-31-55(32-26-49)61(56-33-27-50(28-34-56)59-53-11-5-8-47(38-53)44-21-15-41(2)16-22-44)57-35-29-51(30-36-57)60-54-12-6-9-48(39-54)45-23-17-42(3)18-24-45/h4-39,58-60H,1-3H3. The first kappa shape index (κ1) is 38.7. The van der Waals surface area contributed by atoms with Crippen LogP contribution in [0.1, 0.15) is 16.7 Å². The average molecular weight is 789 g/mol. The minimum absolute atomic E-state index is 1.02. The van der Waals surface area contributed by atoms with Crippen molar-refractivity contribution in [1.29, 1.82) is 0 Å². The first-order valence-electron chi connectivity index (χ1n) is 20.8. The zero-order chi connectivity index (χ0) is 41.5. The van der Waals surface area contributed by atoms with E-state index in [0.29, 0.717) is 0 Å². The van der Waals surface area contributed by atoms with Crippen molar-refractivity contribution in [2.75, 3.05) is 20.9 Å². The van der Waals surface area contributed by atoms with Gasteiger partial charge in [0.2, 0.25) is 0 Å². The summed E-state index contributed by atoms with van der Waals surface area (Å²) in [6, 6.07) is 77.7. The molecule has 0 heterocycles. The maximum absolute atomic E-state index is 3.63. The smallest absolute Gasteiger partial charge is 0.0463 e. The van der Waals surface area contributed by atoms with Crippen molar-refractivity contribution in [2.45, 2.75) is 20.8 Å². The van der Waals surface area contributed by atoms with Crippen LogP contribution in [0, 0.1) is 20.8 Å². The van der Waals surface area contributed by atoms with E-state index < -0.39 is 0 Å². The van der Waals surface area contributed by atoms with Crippen molar-refractivity contribution in [1.82, 2.24) is 0 Å². The van der Waals surface area contributed by atoms with Crippen molar-refractivity contribution in [3.05, 3.63) is 235 Å². The number of rotatable bonds is 12. The second kappa shape index (κ2) is 17.6. The van der Waals surface area contributed by atoms with Crippen LogP contribution in [0.2, 0.25) is 0 Å². The summed E-state index contributed by atoms with van der Waals surface area (Å²) in [5.41, 5.74) is 20.3. The molecule has 9 aromatic rings. The Balaban J connectivity index is 0.975. The zero-order valence-corrected chi connectivity index (χ0v) is 34.7. The normalized spacial score (nSPS) is 10.9. The van der Waals surface area contributed by atoms with Gasteiger partial charge in [-0.3, -0.25) is 0 Å². The molecule has 61 heavy (non-hydrogen) atoms. The molecule has 0 radical (unpaired) electrons. The van der Waals surface area contributed by atoms with Gasteiger partial charge in [-0.2, -0.15) is 0 Å². The van der Waals surface area contributed by atoms with Gasteiger partial charge in [0.15, 0.2) is 0 Å². The fraction of sp³-hybridized carbons (Fsp3) is 0.0526. The van der Waals surface area contributed by atoms with Crippen LogP contribution < -0.4 is 20.9 Å². The van der Waals surface area contributed by atoms with E-state index in [9.17, 15) is 0 Å². The van der Waals surface area contributed by atoms with Crippen LogP contribution in [0.3, 0.4) is 0 Å². The third kappa shape index (κ3) is 9.41. The molecule has 0 fully saturated rings. The molecule has 0 bridgehead atoms. The van der Waals surface area contributed by atoms with E-state index in [-0.39, 0.29) is 0 Å². The molecular formula is C57H48N4. The maximum atomic E-state index is 3.63. The Morgan fingerprint density at radius 2 is 0.508 bits per heavy atom. The number of hydrogen-bond donors (Lipinski definition) is 3. The Morgan fingerprint density at radius 1 is 0.246 bits per heavy atom. The van der Waals surface area contributed by atoms with Gasteiger partial charge in [0.25, 0.3) is 0 Å². The topological polar surface area (TPSA) is 39.3 Å². The monoisotopic (exact) mass is 788 g/mol. The van der Waals surface area contributed by atoms with Crippen molar-refractivity contribution < 1.29 is 0 Å². The molecule has 9 rings (SSSR count). The van der Waals surface area contributed by atoms with Gasteiger partial charge < -0.3 is 20.9 Å². The third-order valence-corrected chi connectivity index (χ3v) is 11.0. The predicted octanol–water partition coefficient (Wildman–Crippen LogP) is 16.3. The minimum Gasteiger partial charge on any atom is -0.356 e. The highest BCUT2D eigenvalue weighted by Gasteiger charge is 2.14. The lowest BCUT2D eigenvalue weighted by Gasteiger charge is -2.26. The maximum Gasteiger partial charge on any atom is 0.0463 e. The van der Waals surface area contributed by atoms with Crippen LogP contribution in [0.4, 0.5) is 51.2 Å². The first-order valence-corrected chi connectivity index (χ1v) is 20.8. The van der Waals surface area contributed by atoms with Gasteiger partial charge in [0, 0.05) is 51.2 Å². The Bertz CT molecular complexity index is 2540. The number of hydrogen-bond acceptors (Lipinski definition) is 4. The molecule has 3 N–H and O–H groups in total. The number of aryl methyl sites for hydroxylation is 3. The molecule has 0 unspecified atom stereocenters. The lowest BCUT2D eigenvalue weighted by molar-refractivity contribution is 1.28. The minimum atomic E-state index is 1.02. The third-order valence-electron chi connectivity index (χ3n) is 11.0. The van der Waals surface area contributed by atoms with Gasteiger partial charge in [0.1, 0.15) is 0 Å². The Kier molecular flexibility index (Phi) is 11.1.